The van der Waals surface area contributed by atoms with Gasteiger partial charge >= 0.3 is 0 Å². The molecule has 1 saturated carbocycles. The standard InChI is InChI=1S/C14H25NO2/c1-2-12-10-13(16)8-9-15(12)14(17)7-6-11-4-3-5-11/h11-13,16H,2-10H2,1H3. The van der Waals surface area contributed by atoms with E-state index < -0.39 is 0 Å². The van der Waals surface area contributed by atoms with E-state index in [9.17, 15) is 9.90 Å². The molecule has 2 fully saturated rings. The van der Waals surface area contributed by atoms with Crippen molar-refractivity contribution < 1.29 is 9.90 Å². The average molecular weight is 239 g/mol. The molecule has 1 aliphatic carbocycles. The molecular formula is C14H25NO2. The lowest BCUT2D eigenvalue weighted by Gasteiger charge is -2.38. The van der Waals surface area contributed by atoms with Crippen molar-refractivity contribution in [2.45, 2.75) is 70.4 Å². The predicted molar refractivity (Wildman–Crippen MR) is 67.6 cm³/mol. The lowest BCUT2D eigenvalue weighted by molar-refractivity contribution is -0.137. The minimum absolute atomic E-state index is 0.198. The Hall–Kier alpha value is -0.570. The van der Waals surface area contributed by atoms with Crippen LogP contribution < -0.4 is 0 Å². The van der Waals surface area contributed by atoms with Gasteiger partial charge in [-0.2, -0.15) is 0 Å². The van der Waals surface area contributed by atoms with Gasteiger partial charge in [-0.15, -0.1) is 0 Å². The molecule has 3 nitrogen and oxygen atoms in total. The molecule has 1 N–H and O–H groups in total. The molecule has 1 heterocycles. The molecule has 0 radical (unpaired) electrons. The van der Waals surface area contributed by atoms with Crippen LogP contribution in [0.3, 0.4) is 0 Å². The highest BCUT2D eigenvalue weighted by atomic mass is 16.3. The summed E-state index contributed by atoms with van der Waals surface area (Å²) in [6.45, 7) is 2.86. The molecule has 0 aromatic heterocycles. The Balaban J connectivity index is 1.79. The van der Waals surface area contributed by atoms with Gasteiger partial charge in [0.1, 0.15) is 0 Å². The van der Waals surface area contributed by atoms with Crippen molar-refractivity contribution in [3.63, 3.8) is 0 Å². The number of nitrogens with zero attached hydrogens (tertiary/aromatic N) is 1. The summed E-state index contributed by atoms with van der Waals surface area (Å²) < 4.78 is 0. The van der Waals surface area contributed by atoms with Crippen LogP contribution in [0.5, 0.6) is 0 Å². The Kier molecular flexibility index (Phi) is 4.43. The maximum atomic E-state index is 12.2. The molecule has 1 amide bonds. The molecular weight excluding hydrogens is 214 g/mol. The van der Waals surface area contributed by atoms with Gasteiger partial charge in [-0.25, -0.2) is 0 Å². The van der Waals surface area contributed by atoms with E-state index in [1.165, 1.54) is 19.3 Å². The largest absolute Gasteiger partial charge is 0.393 e. The molecule has 0 aromatic rings. The Bertz CT molecular complexity index is 263. The van der Waals surface area contributed by atoms with Crippen LogP contribution in [-0.2, 0) is 4.79 Å². The van der Waals surface area contributed by atoms with Crippen molar-refractivity contribution in [2.24, 2.45) is 5.92 Å². The van der Waals surface area contributed by atoms with Crippen LogP contribution >= 0.6 is 0 Å². The number of carbonyl (C=O) groups excluding carboxylic acids is 1. The molecule has 2 atom stereocenters. The Morgan fingerprint density at radius 1 is 1.35 bits per heavy atom. The normalized spacial score (nSPS) is 30.1. The molecule has 98 valence electrons. The van der Waals surface area contributed by atoms with Crippen LogP contribution in [0.2, 0.25) is 0 Å². The van der Waals surface area contributed by atoms with Crippen molar-refractivity contribution in [1.29, 1.82) is 0 Å². The number of amides is 1. The SMILES string of the molecule is CCC1CC(O)CCN1C(=O)CCC1CCC1. The summed E-state index contributed by atoms with van der Waals surface area (Å²) in [5.41, 5.74) is 0. The fourth-order valence-corrected chi connectivity index (χ4v) is 3.00. The number of hydrogen-bond donors (Lipinski definition) is 1. The second-order valence-corrected chi connectivity index (χ2v) is 5.66. The van der Waals surface area contributed by atoms with E-state index in [4.69, 9.17) is 0 Å². The first kappa shape index (κ1) is 12.9. The van der Waals surface area contributed by atoms with Crippen LogP contribution in [0, 0.1) is 5.92 Å². The average Bonchev–Trinajstić information content (AvgIpc) is 2.26. The summed E-state index contributed by atoms with van der Waals surface area (Å²) >= 11 is 0. The Morgan fingerprint density at radius 2 is 2.12 bits per heavy atom. The van der Waals surface area contributed by atoms with Crippen molar-refractivity contribution in [3.05, 3.63) is 0 Å². The van der Waals surface area contributed by atoms with E-state index in [0.717, 1.165) is 44.6 Å². The smallest absolute Gasteiger partial charge is 0.222 e. The summed E-state index contributed by atoms with van der Waals surface area (Å²) in [5.74, 6) is 1.13. The second-order valence-electron chi connectivity index (χ2n) is 5.66. The second kappa shape index (κ2) is 5.85. The first-order valence-electron chi connectivity index (χ1n) is 7.18. The van der Waals surface area contributed by atoms with Crippen LogP contribution in [0.1, 0.15) is 58.3 Å². The van der Waals surface area contributed by atoms with Gasteiger partial charge in [-0.1, -0.05) is 26.2 Å². The third-order valence-corrected chi connectivity index (χ3v) is 4.47. The minimum atomic E-state index is -0.198. The van der Waals surface area contributed by atoms with E-state index in [1.54, 1.807) is 0 Å². The van der Waals surface area contributed by atoms with Gasteiger partial charge in [0.2, 0.25) is 5.91 Å². The van der Waals surface area contributed by atoms with Crippen molar-refractivity contribution in [2.75, 3.05) is 6.54 Å². The van der Waals surface area contributed by atoms with E-state index in [-0.39, 0.29) is 12.1 Å². The quantitative estimate of drug-likeness (QED) is 0.818. The molecule has 3 heteroatoms. The molecule has 0 spiro atoms. The van der Waals surface area contributed by atoms with Gasteiger partial charge in [0.15, 0.2) is 0 Å². The number of likely N-dealkylation sites (tertiary alicyclic amines) is 1. The highest BCUT2D eigenvalue weighted by Gasteiger charge is 2.29. The zero-order valence-electron chi connectivity index (χ0n) is 10.9. The molecule has 2 rings (SSSR count). The number of aliphatic hydroxyl groups is 1. The van der Waals surface area contributed by atoms with E-state index in [1.807, 2.05) is 4.90 Å². The summed E-state index contributed by atoms with van der Waals surface area (Å²) in [7, 11) is 0. The van der Waals surface area contributed by atoms with E-state index in [2.05, 4.69) is 6.92 Å². The Morgan fingerprint density at radius 3 is 2.71 bits per heavy atom. The van der Waals surface area contributed by atoms with Gasteiger partial charge in [-0.3, -0.25) is 4.79 Å². The fraction of sp³-hybridized carbons (Fsp3) is 0.929. The highest BCUT2D eigenvalue weighted by molar-refractivity contribution is 5.76. The lowest BCUT2D eigenvalue weighted by Crippen LogP contribution is -2.47. The molecule has 17 heavy (non-hydrogen) atoms. The minimum Gasteiger partial charge on any atom is -0.393 e. The number of hydrogen-bond acceptors (Lipinski definition) is 2. The monoisotopic (exact) mass is 239 g/mol. The summed E-state index contributed by atoms with van der Waals surface area (Å²) in [6, 6.07) is 0.271. The molecule has 1 aliphatic heterocycles. The van der Waals surface area contributed by atoms with Crippen LogP contribution in [0.25, 0.3) is 0 Å². The van der Waals surface area contributed by atoms with Crippen LogP contribution in [0.15, 0.2) is 0 Å². The number of aliphatic hydroxyl groups excluding tert-OH is 1. The topological polar surface area (TPSA) is 40.5 Å². The maximum absolute atomic E-state index is 12.2. The van der Waals surface area contributed by atoms with Crippen molar-refractivity contribution >= 4 is 5.91 Å². The zero-order valence-corrected chi connectivity index (χ0v) is 10.9. The molecule has 0 bridgehead atoms. The van der Waals surface area contributed by atoms with Gasteiger partial charge in [-0.05, 0) is 31.6 Å². The Labute approximate surface area is 104 Å². The van der Waals surface area contributed by atoms with Crippen LogP contribution in [0.4, 0.5) is 0 Å². The molecule has 2 aliphatic rings. The van der Waals surface area contributed by atoms with Crippen molar-refractivity contribution in [3.8, 4) is 0 Å². The predicted octanol–water partition coefficient (Wildman–Crippen LogP) is 2.33. The number of rotatable bonds is 4. The van der Waals surface area contributed by atoms with Crippen LogP contribution in [-0.4, -0.2) is 34.6 Å². The maximum Gasteiger partial charge on any atom is 0.222 e. The first-order chi connectivity index (χ1) is 8.20. The summed E-state index contributed by atoms with van der Waals surface area (Å²) in [4.78, 5) is 14.2. The summed E-state index contributed by atoms with van der Waals surface area (Å²) in [5, 5.41) is 9.64. The van der Waals surface area contributed by atoms with Crippen molar-refractivity contribution in [1.82, 2.24) is 4.90 Å². The summed E-state index contributed by atoms with van der Waals surface area (Å²) in [6.07, 6.45) is 8.09. The fourth-order valence-electron chi connectivity index (χ4n) is 3.00. The molecule has 0 aromatic carbocycles. The molecule has 1 saturated heterocycles. The van der Waals surface area contributed by atoms with E-state index >= 15 is 0 Å². The molecule has 2 unspecified atom stereocenters. The lowest BCUT2D eigenvalue weighted by atomic mass is 9.82. The number of carbonyl (C=O) groups is 1. The highest BCUT2D eigenvalue weighted by Crippen LogP contribution is 2.31. The van der Waals surface area contributed by atoms with E-state index in [0.29, 0.717) is 5.91 Å². The third kappa shape index (κ3) is 3.21. The number of piperidine rings is 1. The third-order valence-electron chi connectivity index (χ3n) is 4.47. The first-order valence-corrected chi connectivity index (χ1v) is 7.18. The van der Waals surface area contributed by atoms with Gasteiger partial charge in [0, 0.05) is 19.0 Å². The van der Waals surface area contributed by atoms with Gasteiger partial charge < -0.3 is 10.0 Å². The van der Waals surface area contributed by atoms with Gasteiger partial charge in [0.25, 0.3) is 0 Å². The van der Waals surface area contributed by atoms with Gasteiger partial charge in [0.05, 0.1) is 6.10 Å². The zero-order chi connectivity index (χ0) is 12.3.